The number of nitrogens with zero attached hydrogens (tertiary/aromatic N) is 1. The minimum Gasteiger partial charge on any atom is -0.335 e. The molecule has 1 amide bonds. The molecule has 2 aliphatic carbocycles. The number of carbonyl (C=O) groups excluding carboxylic acids is 1. The zero-order chi connectivity index (χ0) is 15.7. The zero-order valence-corrected chi connectivity index (χ0v) is 13.8. The second kappa shape index (κ2) is 7.58. The Balaban J connectivity index is 0.00000192. The molecule has 3 rings (SSSR count). The highest BCUT2D eigenvalue weighted by molar-refractivity contribution is 5.85. The maximum absolute atomic E-state index is 13.8. The summed E-state index contributed by atoms with van der Waals surface area (Å²) in [5.41, 5.74) is 6.41. The van der Waals surface area contributed by atoms with Crippen molar-refractivity contribution in [1.82, 2.24) is 4.90 Å². The average Bonchev–Trinajstić information content (AvgIpc) is 3.23. The van der Waals surface area contributed by atoms with Crippen LogP contribution in [0.5, 0.6) is 0 Å². The van der Waals surface area contributed by atoms with E-state index in [0.717, 1.165) is 38.2 Å². The fraction of sp³-hybridized carbons (Fsp3) is 0.588. The third-order valence-corrected chi connectivity index (χ3v) is 4.82. The topological polar surface area (TPSA) is 46.3 Å². The van der Waals surface area contributed by atoms with Gasteiger partial charge in [-0.15, -0.1) is 12.4 Å². The number of amides is 1. The molecular formula is C17H23ClF2N2O. The van der Waals surface area contributed by atoms with Gasteiger partial charge in [0.15, 0.2) is 0 Å². The van der Waals surface area contributed by atoms with Crippen molar-refractivity contribution in [3.63, 3.8) is 0 Å². The standard InChI is InChI=1S/C17H22F2N2O.ClH/c18-13-5-4-12(15(19)9-13)10-21(14-6-7-14)17(22)8-11-2-1-3-16(11)20;/h4-5,9,11,14,16H,1-3,6-8,10,20H2;1H/t11-,16+;/m0./s1. The molecule has 0 unspecified atom stereocenters. The molecule has 2 atom stereocenters. The largest absolute Gasteiger partial charge is 0.335 e. The Bertz CT molecular complexity index is 566. The van der Waals surface area contributed by atoms with E-state index in [0.29, 0.717) is 12.0 Å². The number of carbonyl (C=O) groups is 1. The third-order valence-electron chi connectivity index (χ3n) is 4.82. The first-order chi connectivity index (χ1) is 10.5. The van der Waals surface area contributed by atoms with Crippen LogP contribution in [-0.2, 0) is 11.3 Å². The van der Waals surface area contributed by atoms with Gasteiger partial charge in [-0.1, -0.05) is 12.5 Å². The first-order valence-electron chi connectivity index (χ1n) is 8.03. The summed E-state index contributed by atoms with van der Waals surface area (Å²) in [5, 5.41) is 0. The van der Waals surface area contributed by atoms with E-state index in [4.69, 9.17) is 5.73 Å². The van der Waals surface area contributed by atoms with E-state index < -0.39 is 11.6 Å². The van der Waals surface area contributed by atoms with Crippen LogP contribution in [0, 0.1) is 17.6 Å². The highest BCUT2D eigenvalue weighted by atomic mass is 35.5. The molecule has 2 N–H and O–H groups in total. The number of hydrogen-bond acceptors (Lipinski definition) is 2. The minimum absolute atomic E-state index is 0. The van der Waals surface area contributed by atoms with Crippen molar-refractivity contribution in [1.29, 1.82) is 0 Å². The van der Waals surface area contributed by atoms with Crippen molar-refractivity contribution in [2.24, 2.45) is 11.7 Å². The van der Waals surface area contributed by atoms with Gasteiger partial charge in [-0.25, -0.2) is 8.78 Å². The second-order valence-corrected chi connectivity index (χ2v) is 6.55. The van der Waals surface area contributed by atoms with Gasteiger partial charge in [0.1, 0.15) is 11.6 Å². The van der Waals surface area contributed by atoms with Gasteiger partial charge < -0.3 is 10.6 Å². The van der Waals surface area contributed by atoms with Crippen LogP contribution < -0.4 is 5.73 Å². The Hall–Kier alpha value is -1.20. The van der Waals surface area contributed by atoms with Gasteiger partial charge in [0, 0.05) is 36.7 Å². The first kappa shape index (κ1) is 18.1. The number of halogens is 3. The third kappa shape index (κ3) is 4.42. The van der Waals surface area contributed by atoms with Crippen molar-refractivity contribution in [2.75, 3.05) is 0 Å². The highest BCUT2D eigenvalue weighted by Crippen LogP contribution is 2.32. The smallest absolute Gasteiger partial charge is 0.223 e. The fourth-order valence-corrected chi connectivity index (χ4v) is 3.30. The van der Waals surface area contributed by atoms with Crippen LogP contribution >= 0.6 is 12.4 Å². The maximum Gasteiger partial charge on any atom is 0.223 e. The molecule has 0 heterocycles. The van der Waals surface area contributed by atoms with Crippen molar-refractivity contribution in [2.45, 2.75) is 57.2 Å². The van der Waals surface area contributed by atoms with E-state index in [1.807, 2.05) is 0 Å². The Morgan fingerprint density at radius 3 is 2.52 bits per heavy atom. The van der Waals surface area contributed by atoms with Crippen molar-refractivity contribution in [3.05, 3.63) is 35.4 Å². The molecule has 0 aliphatic heterocycles. The van der Waals surface area contributed by atoms with Gasteiger partial charge in [-0.05, 0) is 37.7 Å². The summed E-state index contributed by atoms with van der Waals surface area (Å²) in [7, 11) is 0. The molecule has 1 aromatic carbocycles. The fourth-order valence-electron chi connectivity index (χ4n) is 3.30. The quantitative estimate of drug-likeness (QED) is 0.890. The van der Waals surface area contributed by atoms with Crippen LogP contribution in [0.4, 0.5) is 8.78 Å². The molecular weight excluding hydrogens is 322 g/mol. The molecule has 0 radical (unpaired) electrons. The molecule has 2 fully saturated rings. The summed E-state index contributed by atoms with van der Waals surface area (Å²) < 4.78 is 26.8. The van der Waals surface area contributed by atoms with Crippen LogP contribution in [-0.4, -0.2) is 22.9 Å². The highest BCUT2D eigenvalue weighted by Gasteiger charge is 2.35. The molecule has 6 heteroatoms. The summed E-state index contributed by atoms with van der Waals surface area (Å²) in [6.07, 6.45) is 5.43. The second-order valence-electron chi connectivity index (χ2n) is 6.55. The van der Waals surface area contributed by atoms with Gasteiger partial charge in [-0.3, -0.25) is 4.79 Å². The van der Waals surface area contributed by atoms with Gasteiger partial charge >= 0.3 is 0 Å². The van der Waals surface area contributed by atoms with E-state index in [1.54, 1.807) is 4.90 Å². The molecule has 128 valence electrons. The zero-order valence-electron chi connectivity index (χ0n) is 13.0. The monoisotopic (exact) mass is 344 g/mol. The van der Waals surface area contributed by atoms with E-state index in [-0.39, 0.29) is 42.9 Å². The molecule has 3 nitrogen and oxygen atoms in total. The predicted molar refractivity (Wildman–Crippen MR) is 87.1 cm³/mol. The van der Waals surface area contributed by atoms with Gasteiger partial charge in [0.25, 0.3) is 0 Å². The lowest BCUT2D eigenvalue weighted by molar-refractivity contribution is -0.133. The first-order valence-corrected chi connectivity index (χ1v) is 8.03. The van der Waals surface area contributed by atoms with Crippen molar-refractivity contribution >= 4 is 18.3 Å². The van der Waals surface area contributed by atoms with Crippen LogP contribution in [0.1, 0.15) is 44.1 Å². The molecule has 0 aromatic heterocycles. The van der Waals surface area contributed by atoms with E-state index in [1.165, 1.54) is 12.1 Å². The molecule has 1 aromatic rings. The summed E-state index contributed by atoms with van der Waals surface area (Å²) in [6.45, 7) is 0.220. The summed E-state index contributed by atoms with van der Waals surface area (Å²) in [4.78, 5) is 14.3. The van der Waals surface area contributed by atoms with Crippen LogP contribution in [0.3, 0.4) is 0 Å². The summed E-state index contributed by atoms with van der Waals surface area (Å²) in [6, 6.07) is 3.84. The SMILES string of the molecule is Cl.N[C@@H]1CCC[C@H]1CC(=O)N(Cc1ccc(F)cc1F)C1CC1. The maximum atomic E-state index is 13.8. The van der Waals surface area contributed by atoms with E-state index in [9.17, 15) is 13.6 Å². The minimum atomic E-state index is -0.595. The molecule has 23 heavy (non-hydrogen) atoms. The summed E-state index contributed by atoms with van der Waals surface area (Å²) >= 11 is 0. The van der Waals surface area contributed by atoms with Crippen molar-refractivity contribution < 1.29 is 13.6 Å². The van der Waals surface area contributed by atoms with Gasteiger partial charge in [0.2, 0.25) is 5.91 Å². The number of hydrogen-bond donors (Lipinski definition) is 1. The number of rotatable bonds is 5. The molecule has 0 bridgehead atoms. The van der Waals surface area contributed by atoms with Gasteiger partial charge in [-0.2, -0.15) is 0 Å². The Labute approximate surface area is 141 Å². The molecule has 0 spiro atoms. The Kier molecular flexibility index (Phi) is 5.98. The van der Waals surface area contributed by atoms with Gasteiger partial charge in [0.05, 0.1) is 0 Å². The van der Waals surface area contributed by atoms with Crippen LogP contribution in [0.15, 0.2) is 18.2 Å². The Morgan fingerprint density at radius 2 is 1.96 bits per heavy atom. The molecule has 2 aliphatic rings. The van der Waals surface area contributed by atoms with E-state index in [2.05, 4.69) is 0 Å². The van der Waals surface area contributed by atoms with E-state index >= 15 is 0 Å². The lowest BCUT2D eigenvalue weighted by atomic mass is 9.99. The molecule has 0 saturated heterocycles. The lowest BCUT2D eigenvalue weighted by Gasteiger charge is -2.25. The predicted octanol–water partition coefficient (Wildman–Crippen LogP) is 3.40. The number of nitrogens with two attached hydrogens (primary N) is 1. The molecule has 2 saturated carbocycles. The Morgan fingerprint density at radius 1 is 1.22 bits per heavy atom. The van der Waals surface area contributed by atoms with Crippen molar-refractivity contribution in [3.8, 4) is 0 Å². The van der Waals surface area contributed by atoms with Crippen LogP contribution in [0.25, 0.3) is 0 Å². The normalized spacial score (nSPS) is 23.4. The summed E-state index contributed by atoms with van der Waals surface area (Å²) in [5.74, 6) is -0.890. The number of benzene rings is 1. The lowest BCUT2D eigenvalue weighted by Crippen LogP contribution is -2.36. The average molecular weight is 345 g/mol. The van der Waals surface area contributed by atoms with Crippen LogP contribution in [0.2, 0.25) is 0 Å².